The Hall–Kier alpha value is -3.22. The third-order valence-corrected chi connectivity index (χ3v) is 2.52. The van der Waals surface area contributed by atoms with Crippen LogP contribution < -0.4 is 11.0 Å². The van der Waals surface area contributed by atoms with E-state index in [2.05, 4.69) is 15.3 Å². The number of carbonyl (C=O) groups excluding carboxylic acids is 1. The maximum Gasteiger partial charge on any atom is 0.346 e. The molecule has 1 amide bonds. The van der Waals surface area contributed by atoms with Crippen molar-refractivity contribution >= 4 is 23.8 Å². The third kappa shape index (κ3) is 3.87. The van der Waals surface area contributed by atoms with Crippen molar-refractivity contribution in [1.82, 2.24) is 9.97 Å². The Kier molecular flexibility index (Phi) is 4.25. The van der Waals surface area contributed by atoms with Crippen LogP contribution in [0.15, 0.2) is 47.4 Å². The van der Waals surface area contributed by atoms with E-state index < -0.39 is 17.6 Å². The molecule has 7 nitrogen and oxygen atoms in total. The second-order valence-corrected chi connectivity index (χ2v) is 4.01. The van der Waals surface area contributed by atoms with Gasteiger partial charge in [-0.3, -0.25) is 9.78 Å². The van der Waals surface area contributed by atoms with Crippen LogP contribution >= 0.6 is 0 Å². The molecule has 1 heterocycles. The Morgan fingerprint density at radius 2 is 1.95 bits per heavy atom. The molecule has 3 N–H and O–H groups in total. The van der Waals surface area contributed by atoms with E-state index in [0.29, 0.717) is 5.56 Å². The Morgan fingerprint density at radius 3 is 2.62 bits per heavy atom. The summed E-state index contributed by atoms with van der Waals surface area (Å²) in [5.74, 6) is -1.50. The van der Waals surface area contributed by atoms with Crippen LogP contribution in [0.3, 0.4) is 0 Å². The largest absolute Gasteiger partial charge is 0.478 e. The minimum Gasteiger partial charge on any atom is -0.478 e. The van der Waals surface area contributed by atoms with Gasteiger partial charge in [-0.1, -0.05) is 18.2 Å². The minimum absolute atomic E-state index is 0.0846. The molecule has 0 aliphatic rings. The van der Waals surface area contributed by atoms with Crippen LogP contribution in [0.4, 0.5) is 5.82 Å². The highest BCUT2D eigenvalue weighted by Crippen LogP contribution is 2.12. The van der Waals surface area contributed by atoms with Crippen molar-refractivity contribution in [1.29, 1.82) is 0 Å². The molecule has 0 radical (unpaired) electrons. The number of benzene rings is 1. The lowest BCUT2D eigenvalue weighted by atomic mass is 10.2. The van der Waals surface area contributed by atoms with Gasteiger partial charge in [0.1, 0.15) is 5.82 Å². The number of carboxylic acid groups (broad SMARTS) is 1. The number of nitrogens with one attached hydrogen (secondary N) is 2. The summed E-state index contributed by atoms with van der Waals surface area (Å²) in [5.41, 5.74) is 0.0374. The molecule has 0 aliphatic carbocycles. The maximum atomic E-state index is 12.0. The number of aliphatic carboxylic acids is 1. The summed E-state index contributed by atoms with van der Waals surface area (Å²) < 4.78 is 0. The van der Waals surface area contributed by atoms with E-state index in [0.717, 1.165) is 6.08 Å². The number of aromatic amines is 1. The van der Waals surface area contributed by atoms with E-state index in [1.807, 2.05) is 0 Å². The van der Waals surface area contributed by atoms with Crippen LogP contribution in [-0.4, -0.2) is 27.0 Å². The fourth-order valence-corrected chi connectivity index (χ4v) is 1.57. The van der Waals surface area contributed by atoms with Crippen molar-refractivity contribution in [2.24, 2.45) is 0 Å². The number of H-pyrrole nitrogens is 1. The number of carbonyl (C=O) groups is 2. The van der Waals surface area contributed by atoms with Crippen molar-refractivity contribution < 1.29 is 14.7 Å². The standard InChI is InChI=1S/C14H11N3O4/c18-11(19)7-6-10-8-15-14(21)17-12(10)16-13(20)9-4-2-1-3-5-9/h1-8H,(H,18,19)(H2,15,16,17,20,21). The van der Waals surface area contributed by atoms with Gasteiger partial charge in [0, 0.05) is 23.4 Å². The SMILES string of the molecule is O=C(O)C=Cc1cnc(=O)[nH]c1NC(=O)c1ccccc1. The van der Waals surface area contributed by atoms with Crippen LogP contribution in [0.1, 0.15) is 15.9 Å². The van der Waals surface area contributed by atoms with E-state index in [1.54, 1.807) is 30.3 Å². The monoisotopic (exact) mass is 285 g/mol. The van der Waals surface area contributed by atoms with Crippen LogP contribution in [0, 0.1) is 0 Å². The number of rotatable bonds is 4. The van der Waals surface area contributed by atoms with E-state index in [9.17, 15) is 14.4 Å². The van der Waals surface area contributed by atoms with Gasteiger partial charge in [-0.05, 0) is 18.2 Å². The molecule has 0 unspecified atom stereocenters. The zero-order chi connectivity index (χ0) is 15.2. The lowest BCUT2D eigenvalue weighted by Gasteiger charge is -2.07. The quantitative estimate of drug-likeness (QED) is 0.729. The molecule has 2 aromatic rings. The van der Waals surface area contributed by atoms with Crippen LogP contribution in [0.5, 0.6) is 0 Å². The van der Waals surface area contributed by atoms with Gasteiger partial charge in [0.25, 0.3) is 5.91 Å². The Bertz CT molecular complexity index is 750. The third-order valence-electron chi connectivity index (χ3n) is 2.52. The van der Waals surface area contributed by atoms with Gasteiger partial charge in [-0.15, -0.1) is 0 Å². The van der Waals surface area contributed by atoms with Crippen LogP contribution in [0.2, 0.25) is 0 Å². The predicted octanol–water partition coefficient (Wildman–Crippen LogP) is 1.12. The highest BCUT2D eigenvalue weighted by molar-refractivity contribution is 6.04. The summed E-state index contributed by atoms with van der Waals surface area (Å²) in [7, 11) is 0. The molecule has 0 fully saturated rings. The first-order chi connectivity index (χ1) is 10.1. The topological polar surface area (TPSA) is 112 Å². The van der Waals surface area contributed by atoms with Gasteiger partial charge in [0.2, 0.25) is 0 Å². The molecule has 1 aromatic carbocycles. The van der Waals surface area contributed by atoms with Gasteiger partial charge in [0.05, 0.1) is 0 Å². The van der Waals surface area contributed by atoms with Gasteiger partial charge in [-0.25, -0.2) is 14.6 Å². The highest BCUT2D eigenvalue weighted by Gasteiger charge is 2.09. The van der Waals surface area contributed by atoms with E-state index in [1.165, 1.54) is 12.3 Å². The minimum atomic E-state index is -1.15. The summed E-state index contributed by atoms with van der Waals surface area (Å²) >= 11 is 0. The lowest BCUT2D eigenvalue weighted by Crippen LogP contribution is -2.19. The lowest BCUT2D eigenvalue weighted by molar-refractivity contribution is -0.131. The summed E-state index contributed by atoms with van der Waals surface area (Å²) in [6.07, 6.45) is 3.29. The first-order valence-corrected chi connectivity index (χ1v) is 5.93. The number of hydrogen-bond donors (Lipinski definition) is 3. The Labute approximate surface area is 119 Å². The zero-order valence-corrected chi connectivity index (χ0v) is 10.7. The highest BCUT2D eigenvalue weighted by atomic mass is 16.4. The maximum absolute atomic E-state index is 12.0. The van der Waals surface area contributed by atoms with Gasteiger partial charge >= 0.3 is 11.7 Å². The number of anilines is 1. The average molecular weight is 285 g/mol. The molecule has 0 spiro atoms. The van der Waals surface area contributed by atoms with Gasteiger partial charge in [0.15, 0.2) is 0 Å². The number of aromatic nitrogens is 2. The second-order valence-electron chi connectivity index (χ2n) is 4.01. The van der Waals surface area contributed by atoms with E-state index in [4.69, 9.17) is 5.11 Å². The Balaban J connectivity index is 2.30. The molecule has 0 saturated carbocycles. The zero-order valence-electron chi connectivity index (χ0n) is 10.7. The second kappa shape index (κ2) is 6.29. The van der Waals surface area contributed by atoms with E-state index >= 15 is 0 Å². The van der Waals surface area contributed by atoms with Crippen molar-refractivity contribution in [2.45, 2.75) is 0 Å². The molecule has 7 heteroatoms. The molecule has 0 aliphatic heterocycles. The van der Waals surface area contributed by atoms with E-state index in [-0.39, 0.29) is 11.4 Å². The molecule has 106 valence electrons. The molecule has 2 rings (SSSR count). The summed E-state index contributed by atoms with van der Waals surface area (Å²) in [5, 5.41) is 11.1. The van der Waals surface area contributed by atoms with Crippen molar-refractivity contribution in [3.63, 3.8) is 0 Å². The van der Waals surface area contributed by atoms with Gasteiger partial charge in [-0.2, -0.15) is 0 Å². The molecule has 21 heavy (non-hydrogen) atoms. The fraction of sp³-hybridized carbons (Fsp3) is 0. The summed E-state index contributed by atoms with van der Waals surface area (Å²) in [6, 6.07) is 8.40. The predicted molar refractivity (Wildman–Crippen MR) is 75.9 cm³/mol. The number of nitrogens with zero attached hydrogens (tertiary/aromatic N) is 1. The van der Waals surface area contributed by atoms with Crippen molar-refractivity contribution in [2.75, 3.05) is 5.32 Å². The van der Waals surface area contributed by atoms with Crippen LogP contribution in [0.25, 0.3) is 6.08 Å². The number of carboxylic acids is 1. The van der Waals surface area contributed by atoms with Gasteiger partial charge < -0.3 is 10.4 Å². The molecule has 1 aromatic heterocycles. The first kappa shape index (κ1) is 14.2. The van der Waals surface area contributed by atoms with Crippen molar-refractivity contribution in [3.05, 3.63) is 64.2 Å². The number of hydrogen-bond acceptors (Lipinski definition) is 4. The smallest absolute Gasteiger partial charge is 0.346 e. The average Bonchev–Trinajstić information content (AvgIpc) is 2.47. The number of amides is 1. The van der Waals surface area contributed by atoms with Crippen molar-refractivity contribution in [3.8, 4) is 0 Å². The normalized spacial score (nSPS) is 10.5. The summed E-state index contributed by atoms with van der Waals surface area (Å²) in [4.78, 5) is 39.6. The molecule has 0 bridgehead atoms. The molecule has 0 saturated heterocycles. The molecule has 0 atom stereocenters. The molecular formula is C14H11N3O4. The first-order valence-electron chi connectivity index (χ1n) is 5.93. The Morgan fingerprint density at radius 1 is 1.24 bits per heavy atom. The molecular weight excluding hydrogens is 274 g/mol. The summed E-state index contributed by atoms with van der Waals surface area (Å²) in [6.45, 7) is 0. The van der Waals surface area contributed by atoms with Crippen LogP contribution in [-0.2, 0) is 4.79 Å². The fourth-order valence-electron chi connectivity index (χ4n) is 1.57.